The summed E-state index contributed by atoms with van der Waals surface area (Å²) >= 11 is 0. The van der Waals surface area contributed by atoms with E-state index in [-0.39, 0.29) is 6.04 Å². The van der Waals surface area contributed by atoms with Gasteiger partial charge in [0.15, 0.2) is 11.6 Å². The molecule has 0 amide bonds. The minimum atomic E-state index is -0.787. The highest BCUT2D eigenvalue weighted by Crippen LogP contribution is 2.16. The smallest absolute Gasteiger partial charge is 0.159 e. The first-order chi connectivity index (χ1) is 9.16. The van der Waals surface area contributed by atoms with Gasteiger partial charge in [-0.05, 0) is 70.1 Å². The van der Waals surface area contributed by atoms with Crippen LogP contribution in [0, 0.1) is 11.6 Å². The third-order valence-electron chi connectivity index (χ3n) is 3.74. The summed E-state index contributed by atoms with van der Waals surface area (Å²) in [5, 5.41) is 3.35. The molecule has 2 nitrogen and oxygen atoms in total. The van der Waals surface area contributed by atoms with Gasteiger partial charge in [0.1, 0.15) is 0 Å². The van der Waals surface area contributed by atoms with Gasteiger partial charge in [0.05, 0.1) is 0 Å². The minimum Gasteiger partial charge on any atom is -0.310 e. The largest absolute Gasteiger partial charge is 0.310 e. The lowest BCUT2D eigenvalue weighted by atomic mass is 10.1. The number of rotatable bonds is 6. The molecule has 0 spiro atoms. The fourth-order valence-corrected chi connectivity index (χ4v) is 2.53. The minimum absolute atomic E-state index is 0.0497. The Morgan fingerprint density at radius 1 is 1.21 bits per heavy atom. The fraction of sp³-hybridized carbons (Fsp3) is 0.600. The van der Waals surface area contributed by atoms with Crippen molar-refractivity contribution in [3.05, 3.63) is 35.4 Å². The molecule has 0 bridgehead atoms. The van der Waals surface area contributed by atoms with Crippen molar-refractivity contribution in [3.8, 4) is 0 Å². The van der Waals surface area contributed by atoms with Crippen molar-refractivity contribution in [2.45, 2.75) is 32.2 Å². The first kappa shape index (κ1) is 14.4. The summed E-state index contributed by atoms with van der Waals surface area (Å²) in [5.74, 6) is -1.56. The molecule has 19 heavy (non-hydrogen) atoms. The highest BCUT2D eigenvalue weighted by atomic mass is 19.2. The monoisotopic (exact) mass is 268 g/mol. The van der Waals surface area contributed by atoms with Gasteiger partial charge >= 0.3 is 0 Å². The molecule has 1 aromatic rings. The van der Waals surface area contributed by atoms with Crippen LogP contribution in [-0.4, -0.2) is 31.1 Å². The molecule has 4 heteroatoms. The lowest BCUT2D eigenvalue weighted by Gasteiger charge is -2.17. The van der Waals surface area contributed by atoms with Gasteiger partial charge in [-0.2, -0.15) is 0 Å². The molecule has 1 saturated heterocycles. The second-order valence-corrected chi connectivity index (χ2v) is 5.25. The van der Waals surface area contributed by atoms with E-state index >= 15 is 0 Å². The van der Waals surface area contributed by atoms with E-state index in [9.17, 15) is 8.78 Å². The van der Waals surface area contributed by atoms with E-state index in [4.69, 9.17) is 0 Å². The standard InChI is InChI=1S/C15H22F2N2/c1-12(13-5-6-14(16)15(17)11-13)18-7-4-10-19-8-2-3-9-19/h5-6,11-12,18H,2-4,7-10H2,1H3. The van der Waals surface area contributed by atoms with Gasteiger partial charge in [0.25, 0.3) is 0 Å². The van der Waals surface area contributed by atoms with E-state index in [1.165, 1.54) is 38.1 Å². The summed E-state index contributed by atoms with van der Waals surface area (Å²) in [6.45, 7) is 6.44. The van der Waals surface area contributed by atoms with Gasteiger partial charge in [0.2, 0.25) is 0 Å². The summed E-state index contributed by atoms with van der Waals surface area (Å²) in [5.41, 5.74) is 0.792. The Balaban J connectivity index is 1.71. The van der Waals surface area contributed by atoms with E-state index in [2.05, 4.69) is 10.2 Å². The van der Waals surface area contributed by atoms with Crippen LogP contribution >= 0.6 is 0 Å². The Bertz CT molecular complexity index is 403. The normalized spacial score (nSPS) is 17.8. The predicted octanol–water partition coefficient (Wildman–Crippen LogP) is 3.10. The zero-order chi connectivity index (χ0) is 13.7. The van der Waals surface area contributed by atoms with Crippen molar-refractivity contribution in [1.29, 1.82) is 0 Å². The van der Waals surface area contributed by atoms with Gasteiger partial charge in [-0.15, -0.1) is 0 Å². The van der Waals surface area contributed by atoms with Gasteiger partial charge in [-0.3, -0.25) is 0 Å². The Morgan fingerprint density at radius 2 is 1.95 bits per heavy atom. The van der Waals surface area contributed by atoms with E-state index in [0.29, 0.717) is 0 Å². The molecule has 106 valence electrons. The number of likely N-dealkylation sites (tertiary alicyclic amines) is 1. The van der Waals surface area contributed by atoms with E-state index < -0.39 is 11.6 Å². The summed E-state index contributed by atoms with van der Waals surface area (Å²) < 4.78 is 26.0. The number of hydrogen-bond acceptors (Lipinski definition) is 2. The molecular weight excluding hydrogens is 246 g/mol. The van der Waals surface area contributed by atoms with Crippen LogP contribution in [0.1, 0.15) is 37.8 Å². The number of nitrogens with zero attached hydrogens (tertiary/aromatic N) is 1. The van der Waals surface area contributed by atoms with Crippen LogP contribution in [-0.2, 0) is 0 Å². The number of nitrogens with one attached hydrogen (secondary N) is 1. The van der Waals surface area contributed by atoms with Crippen molar-refractivity contribution in [2.24, 2.45) is 0 Å². The molecule has 0 saturated carbocycles. The van der Waals surface area contributed by atoms with Crippen LogP contribution < -0.4 is 5.32 Å². The van der Waals surface area contributed by atoms with Crippen molar-refractivity contribution < 1.29 is 8.78 Å². The van der Waals surface area contributed by atoms with Gasteiger partial charge in [0, 0.05) is 6.04 Å². The van der Waals surface area contributed by atoms with Crippen LogP contribution in [0.5, 0.6) is 0 Å². The molecule has 1 aliphatic heterocycles. The Morgan fingerprint density at radius 3 is 2.63 bits per heavy atom. The summed E-state index contributed by atoms with van der Waals surface area (Å²) in [7, 11) is 0. The second-order valence-electron chi connectivity index (χ2n) is 5.25. The molecule has 1 N–H and O–H groups in total. The highest BCUT2D eigenvalue weighted by molar-refractivity contribution is 5.20. The molecule has 0 aliphatic carbocycles. The topological polar surface area (TPSA) is 15.3 Å². The van der Waals surface area contributed by atoms with Crippen LogP contribution in [0.2, 0.25) is 0 Å². The molecule has 1 aliphatic rings. The van der Waals surface area contributed by atoms with Crippen molar-refractivity contribution >= 4 is 0 Å². The average molecular weight is 268 g/mol. The predicted molar refractivity (Wildman–Crippen MR) is 73.1 cm³/mol. The van der Waals surface area contributed by atoms with Gasteiger partial charge in [-0.25, -0.2) is 8.78 Å². The fourth-order valence-electron chi connectivity index (χ4n) is 2.53. The molecule has 0 radical (unpaired) electrons. The van der Waals surface area contributed by atoms with Crippen LogP contribution in [0.4, 0.5) is 8.78 Å². The Hall–Kier alpha value is -1.00. The Kier molecular flexibility index (Phi) is 5.28. The third-order valence-corrected chi connectivity index (χ3v) is 3.74. The summed E-state index contributed by atoms with van der Waals surface area (Å²) in [4.78, 5) is 2.48. The maximum absolute atomic E-state index is 13.1. The average Bonchev–Trinajstić information content (AvgIpc) is 2.91. The molecular formula is C15H22F2N2. The maximum atomic E-state index is 13.1. The lowest BCUT2D eigenvalue weighted by Crippen LogP contribution is -2.26. The first-order valence-electron chi connectivity index (χ1n) is 7.07. The molecule has 2 rings (SSSR count). The zero-order valence-corrected chi connectivity index (χ0v) is 11.5. The molecule has 1 atom stereocenters. The van der Waals surface area contributed by atoms with Crippen LogP contribution in [0.25, 0.3) is 0 Å². The van der Waals surface area contributed by atoms with E-state index in [0.717, 1.165) is 25.1 Å². The third kappa shape index (κ3) is 4.25. The molecule has 1 aromatic carbocycles. The maximum Gasteiger partial charge on any atom is 0.159 e. The van der Waals surface area contributed by atoms with E-state index in [1.807, 2.05) is 6.92 Å². The molecule has 0 aromatic heterocycles. The first-order valence-corrected chi connectivity index (χ1v) is 7.07. The SMILES string of the molecule is CC(NCCCN1CCCC1)c1ccc(F)c(F)c1. The van der Waals surface area contributed by atoms with E-state index in [1.54, 1.807) is 6.07 Å². The van der Waals surface area contributed by atoms with Crippen molar-refractivity contribution in [2.75, 3.05) is 26.2 Å². The summed E-state index contributed by atoms with van der Waals surface area (Å²) in [6.07, 6.45) is 3.73. The second kappa shape index (κ2) is 6.96. The van der Waals surface area contributed by atoms with Gasteiger partial charge < -0.3 is 10.2 Å². The van der Waals surface area contributed by atoms with Crippen LogP contribution in [0.3, 0.4) is 0 Å². The van der Waals surface area contributed by atoms with Crippen LogP contribution in [0.15, 0.2) is 18.2 Å². The molecule has 1 heterocycles. The Labute approximate surface area is 113 Å². The van der Waals surface area contributed by atoms with Gasteiger partial charge in [-0.1, -0.05) is 6.07 Å². The number of benzene rings is 1. The highest BCUT2D eigenvalue weighted by Gasteiger charge is 2.11. The number of halogens is 2. The van der Waals surface area contributed by atoms with Crippen molar-refractivity contribution in [1.82, 2.24) is 10.2 Å². The molecule has 1 fully saturated rings. The lowest BCUT2D eigenvalue weighted by molar-refractivity contribution is 0.328. The zero-order valence-electron chi connectivity index (χ0n) is 11.5. The quantitative estimate of drug-likeness (QED) is 0.798. The van der Waals surface area contributed by atoms with Crippen molar-refractivity contribution in [3.63, 3.8) is 0 Å². The summed E-state index contributed by atoms with van der Waals surface area (Å²) in [6, 6.07) is 4.14. The molecule has 1 unspecified atom stereocenters. The number of hydrogen-bond donors (Lipinski definition) is 1.